The molecule has 1 aliphatic heterocycles. The van der Waals surface area contributed by atoms with Gasteiger partial charge in [0.25, 0.3) is 17.4 Å². The predicted octanol–water partition coefficient (Wildman–Crippen LogP) is 3.78. The highest BCUT2D eigenvalue weighted by molar-refractivity contribution is 6.03. The second-order valence-electron chi connectivity index (χ2n) is 9.01. The van der Waals surface area contributed by atoms with Gasteiger partial charge in [0.2, 0.25) is 5.91 Å². The second kappa shape index (κ2) is 10.7. The van der Waals surface area contributed by atoms with Crippen LogP contribution in [-0.2, 0) is 22.6 Å². The van der Waals surface area contributed by atoms with Gasteiger partial charge in [-0.05, 0) is 53.1 Å². The zero-order valence-corrected chi connectivity index (χ0v) is 20.4. The molecule has 1 unspecified atom stereocenters. The molecular formula is C29H22F2N4O4. The fourth-order valence-corrected chi connectivity index (χ4v) is 4.33. The maximum absolute atomic E-state index is 13.6. The SMILES string of the molecule is O=C1Cc2ccc(NC(=O)C(NC(=O)c3cccn(Cc4ccc(F)c(F)c4)c3=O)c3ccccc3)cc2N1. The summed E-state index contributed by atoms with van der Waals surface area (Å²) in [7, 11) is 0. The number of fused-ring (bicyclic) bond motifs is 1. The van der Waals surface area contributed by atoms with Crippen LogP contribution in [0.1, 0.15) is 33.1 Å². The maximum Gasteiger partial charge on any atom is 0.263 e. The Labute approximate surface area is 221 Å². The summed E-state index contributed by atoms with van der Waals surface area (Å²) in [6.07, 6.45) is 1.69. The molecule has 1 atom stereocenters. The van der Waals surface area contributed by atoms with Crippen molar-refractivity contribution < 1.29 is 23.2 Å². The molecule has 1 aromatic heterocycles. The predicted molar refractivity (Wildman–Crippen MR) is 140 cm³/mol. The van der Waals surface area contributed by atoms with E-state index in [2.05, 4.69) is 16.0 Å². The molecule has 10 heteroatoms. The molecule has 3 amide bonds. The molecule has 3 N–H and O–H groups in total. The van der Waals surface area contributed by atoms with E-state index < -0.39 is 35.0 Å². The number of benzene rings is 3. The number of amides is 3. The van der Waals surface area contributed by atoms with Crippen molar-refractivity contribution in [3.63, 3.8) is 0 Å². The Morgan fingerprint density at radius 3 is 2.49 bits per heavy atom. The quantitative estimate of drug-likeness (QED) is 0.339. The largest absolute Gasteiger partial charge is 0.336 e. The smallest absolute Gasteiger partial charge is 0.263 e. The minimum atomic E-state index is -1.15. The number of nitrogens with one attached hydrogen (secondary N) is 3. The zero-order valence-electron chi connectivity index (χ0n) is 20.4. The van der Waals surface area contributed by atoms with E-state index in [1.165, 1.54) is 29.0 Å². The number of pyridine rings is 1. The number of hydrogen-bond acceptors (Lipinski definition) is 4. The van der Waals surface area contributed by atoms with E-state index in [0.29, 0.717) is 22.5 Å². The van der Waals surface area contributed by atoms with Crippen molar-refractivity contribution in [1.29, 1.82) is 0 Å². The van der Waals surface area contributed by atoms with Gasteiger partial charge < -0.3 is 20.5 Å². The summed E-state index contributed by atoms with van der Waals surface area (Å²) >= 11 is 0. The average Bonchev–Trinajstić information content (AvgIpc) is 3.30. The van der Waals surface area contributed by atoms with Gasteiger partial charge in [0.1, 0.15) is 11.6 Å². The molecule has 39 heavy (non-hydrogen) atoms. The van der Waals surface area contributed by atoms with E-state index in [-0.39, 0.29) is 24.4 Å². The van der Waals surface area contributed by atoms with Gasteiger partial charge in [0.05, 0.1) is 13.0 Å². The van der Waals surface area contributed by atoms with Crippen LogP contribution in [0.2, 0.25) is 0 Å². The topological polar surface area (TPSA) is 109 Å². The number of aromatic nitrogens is 1. The van der Waals surface area contributed by atoms with Crippen LogP contribution >= 0.6 is 0 Å². The highest BCUT2D eigenvalue weighted by Gasteiger charge is 2.26. The Hall–Kier alpha value is -5.12. The number of carbonyl (C=O) groups excluding carboxylic acids is 3. The molecule has 0 saturated carbocycles. The number of hydrogen-bond donors (Lipinski definition) is 3. The normalized spacial score (nSPS) is 12.8. The molecule has 0 aliphatic carbocycles. The molecule has 0 saturated heterocycles. The summed E-state index contributed by atoms with van der Waals surface area (Å²) < 4.78 is 28.1. The average molecular weight is 529 g/mol. The van der Waals surface area contributed by atoms with Crippen LogP contribution in [0.15, 0.2) is 89.9 Å². The third kappa shape index (κ3) is 5.59. The molecule has 0 fully saturated rings. The molecular weight excluding hydrogens is 506 g/mol. The van der Waals surface area contributed by atoms with E-state index in [1.54, 1.807) is 48.5 Å². The zero-order chi connectivity index (χ0) is 27.5. The van der Waals surface area contributed by atoms with Crippen molar-refractivity contribution in [2.24, 2.45) is 0 Å². The van der Waals surface area contributed by atoms with Crippen LogP contribution in [0.4, 0.5) is 20.2 Å². The lowest BCUT2D eigenvalue weighted by atomic mass is 10.0. The van der Waals surface area contributed by atoms with Crippen molar-refractivity contribution in [2.75, 3.05) is 10.6 Å². The standard InChI is InChI=1S/C29H22F2N4O4/c30-22-11-8-17(13-23(22)31)16-35-12-4-7-21(29(35)39)27(37)34-26(18-5-2-1-3-6-18)28(38)32-20-10-9-19-14-25(36)33-24(19)15-20/h1-13,15,26H,14,16H2,(H,32,38)(H,33,36)(H,34,37). The van der Waals surface area contributed by atoms with Gasteiger partial charge in [-0.25, -0.2) is 8.78 Å². The van der Waals surface area contributed by atoms with Crippen molar-refractivity contribution >= 4 is 29.1 Å². The third-order valence-corrected chi connectivity index (χ3v) is 6.27. The van der Waals surface area contributed by atoms with E-state index >= 15 is 0 Å². The van der Waals surface area contributed by atoms with Crippen molar-refractivity contribution in [2.45, 2.75) is 19.0 Å². The molecule has 0 spiro atoms. The summed E-state index contributed by atoms with van der Waals surface area (Å²) in [6.45, 7) is -0.0887. The molecule has 5 rings (SSSR count). The lowest BCUT2D eigenvalue weighted by Gasteiger charge is -2.19. The Bertz CT molecular complexity index is 1650. The number of carbonyl (C=O) groups is 3. The van der Waals surface area contributed by atoms with E-state index in [0.717, 1.165) is 17.7 Å². The van der Waals surface area contributed by atoms with Gasteiger partial charge in [-0.3, -0.25) is 19.2 Å². The van der Waals surface area contributed by atoms with Gasteiger partial charge in [0.15, 0.2) is 11.6 Å². The molecule has 0 radical (unpaired) electrons. The summed E-state index contributed by atoms with van der Waals surface area (Å²) in [6, 6.07) is 18.5. The number of rotatable bonds is 7. The van der Waals surface area contributed by atoms with Crippen LogP contribution in [0.5, 0.6) is 0 Å². The Kier molecular flexibility index (Phi) is 7.00. The Morgan fingerprint density at radius 2 is 1.72 bits per heavy atom. The highest BCUT2D eigenvalue weighted by Crippen LogP contribution is 2.27. The van der Waals surface area contributed by atoms with Crippen molar-refractivity contribution in [3.05, 3.63) is 129 Å². The summed E-state index contributed by atoms with van der Waals surface area (Å²) in [5.74, 6) is -3.53. The highest BCUT2D eigenvalue weighted by atomic mass is 19.2. The van der Waals surface area contributed by atoms with Gasteiger partial charge in [-0.2, -0.15) is 0 Å². The first kappa shape index (κ1) is 25.5. The minimum absolute atomic E-state index is 0.0887. The number of nitrogens with zero attached hydrogens (tertiary/aromatic N) is 1. The Morgan fingerprint density at radius 1 is 0.923 bits per heavy atom. The van der Waals surface area contributed by atoms with E-state index in [1.807, 2.05) is 0 Å². The third-order valence-electron chi connectivity index (χ3n) is 6.27. The summed E-state index contributed by atoms with van der Waals surface area (Å²) in [4.78, 5) is 51.3. The molecule has 4 aromatic rings. The molecule has 0 bridgehead atoms. The lowest BCUT2D eigenvalue weighted by Crippen LogP contribution is -2.40. The van der Waals surface area contributed by atoms with Crippen LogP contribution in [0.3, 0.4) is 0 Å². The molecule has 2 heterocycles. The van der Waals surface area contributed by atoms with Gasteiger partial charge in [-0.1, -0.05) is 42.5 Å². The van der Waals surface area contributed by atoms with Crippen LogP contribution in [-0.4, -0.2) is 22.3 Å². The van der Waals surface area contributed by atoms with Gasteiger partial charge in [-0.15, -0.1) is 0 Å². The molecule has 1 aliphatic rings. The number of halogens is 2. The molecule has 196 valence electrons. The van der Waals surface area contributed by atoms with E-state index in [4.69, 9.17) is 0 Å². The van der Waals surface area contributed by atoms with Gasteiger partial charge in [0, 0.05) is 17.6 Å². The summed E-state index contributed by atoms with van der Waals surface area (Å²) in [5, 5.41) is 8.11. The monoisotopic (exact) mass is 528 g/mol. The first-order valence-corrected chi connectivity index (χ1v) is 12.0. The fourth-order valence-electron chi connectivity index (χ4n) is 4.33. The van der Waals surface area contributed by atoms with Crippen LogP contribution in [0.25, 0.3) is 0 Å². The lowest BCUT2D eigenvalue weighted by molar-refractivity contribution is -0.118. The van der Waals surface area contributed by atoms with Crippen molar-refractivity contribution in [3.8, 4) is 0 Å². The number of anilines is 2. The van der Waals surface area contributed by atoms with Crippen LogP contribution < -0.4 is 21.5 Å². The minimum Gasteiger partial charge on any atom is -0.336 e. The molecule has 3 aromatic carbocycles. The molecule has 8 nitrogen and oxygen atoms in total. The van der Waals surface area contributed by atoms with Crippen LogP contribution in [0, 0.1) is 11.6 Å². The van der Waals surface area contributed by atoms with Crippen molar-refractivity contribution in [1.82, 2.24) is 9.88 Å². The first-order valence-electron chi connectivity index (χ1n) is 12.0. The second-order valence-corrected chi connectivity index (χ2v) is 9.01. The summed E-state index contributed by atoms with van der Waals surface area (Å²) in [5.41, 5.74) is 1.76. The van der Waals surface area contributed by atoms with Gasteiger partial charge >= 0.3 is 0 Å². The maximum atomic E-state index is 13.6. The first-order chi connectivity index (χ1) is 18.8. The fraction of sp³-hybridized carbons (Fsp3) is 0.103. The Balaban J connectivity index is 1.38. The van der Waals surface area contributed by atoms with E-state index in [9.17, 15) is 28.0 Å².